The number of hydrogen-bond donors (Lipinski definition) is 1. The first-order valence-electron chi connectivity index (χ1n) is 10.8. The molecule has 0 aliphatic heterocycles. The van der Waals surface area contributed by atoms with Crippen LogP contribution in [-0.2, 0) is 9.53 Å². The lowest BCUT2D eigenvalue weighted by Crippen LogP contribution is -2.51. The Hall–Kier alpha value is -1.32. The average Bonchev–Trinajstić information content (AvgIpc) is 2.98. The van der Waals surface area contributed by atoms with Crippen LogP contribution in [0.3, 0.4) is 0 Å². The van der Waals surface area contributed by atoms with Gasteiger partial charge in [-0.1, -0.05) is 30.7 Å². The summed E-state index contributed by atoms with van der Waals surface area (Å²) >= 11 is 0. The van der Waals surface area contributed by atoms with Crippen LogP contribution < -0.4 is 0 Å². The van der Waals surface area contributed by atoms with Gasteiger partial charge in [-0.15, -0.1) is 0 Å². The van der Waals surface area contributed by atoms with E-state index in [1.165, 1.54) is 39.0 Å². The van der Waals surface area contributed by atoms with E-state index >= 15 is 0 Å². The SMILES string of the molecule is CC(=O)OC1CCC2(C)C(=CCC3C2CCC2(C)C(C(C)=NO)CCC32)C1. The number of fused-ring (bicyclic) bond motifs is 5. The minimum atomic E-state index is -0.149. The molecule has 0 spiro atoms. The highest BCUT2D eigenvalue weighted by atomic mass is 16.5. The van der Waals surface area contributed by atoms with Crippen LogP contribution in [0.2, 0.25) is 0 Å². The van der Waals surface area contributed by atoms with Crippen molar-refractivity contribution in [1.82, 2.24) is 0 Å². The second-order valence-electron chi connectivity index (χ2n) is 10.1. The number of hydrogen-bond acceptors (Lipinski definition) is 4. The highest BCUT2D eigenvalue weighted by molar-refractivity contribution is 5.85. The maximum absolute atomic E-state index is 11.4. The Kier molecular flexibility index (Phi) is 4.67. The largest absolute Gasteiger partial charge is 0.462 e. The van der Waals surface area contributed by atoms with Gasteiger partial charge in [0.2, 0.25) is 0 Å². The fourth-order valence-electron chi connectivity index (χ4n) is 7.72. The van der Waals surface area contributed by atoms with Crippen molar-refractivity contribution >= 4 is 11.7 Å². The summed E-state index contributed by atoms with van der Waals surface area (Å²) in [7, 11) is 0. The van der Waals surface area contributed by atoms with Gasteiger partial charge in [0.05, 0.1) is 5.71 Å². The van der Waals surface area contributed by atoms with Crippen molar-refractivity contribution in [3.8, 4) is 0 Å². The number of rotatable bonds is 2. The molecule has 7 unspecified atom stereocenters. The standard InChI is InChI=1S/C23H35NO3/c1-14(24-26)19-7-8-20-18-6-5-16-13-17(27-15(2)25)9-11-22(16,3)21(18)10-12-23(19,20)4/h5,17-21,26H,6-13H2,1-4H3. The molecule has 1 N–H and O–H groups in total. The van der Waals surface area contributed by atoms with Crippen LogP contribution in [0.1, 0.15) is 79.1 Å². The minimum Gasteiger partial charge on any atom is -0.462 e. The van der Waals surface area contributed by atoms with E-state index in [0.29, 0.717) is 5.92 Å². The summed E-state index contributed by atoms with van der Waals surface area (Å²) in [5.74, 6) is 2.52. The Balaban J connectivity index is 1.58. The van der Waals surface area contributed by atoms with Crippen LogP contribution in [0.25, 0.3) is 0 Å². The van der Waals surface area contributed by atoms with E-state index in [-0.39, 0.29) is 22.9 Å². The molecular formula is C23H35NO3. The second-order valence-corrected chi connectivity index (χ2v) is 10.1. The zero-order valence-corrected chi connectivity index (χ0v) is 17.3. The molecule has 3 saturated carbocycles. The van der Waals surface area contributed by atoms with Crippen molar-refractivity contribution in [1.29, 1.82) is 0 Å². The number of esters is 1. The van der Waals surface area contributed by atoms with Crippen molar-refractivity contribution in [3.05, 3.63) is 11.6 Å². The first kappa shape index (κ1) is 19.0. The monoisotopic (exact) mass is 373 g/mol. The van der Waals surface area contributed by atoms with Crippen molar-refractivity contribution in [2.45, 2.75) is 85.2 Å². The summed E-state index contributed by atoms with van der Waals surface area (Å²) in [6.07, 6.45) is 11.8. The molecule has 4 aliphatic carbocycles. The number of allylic oxidation sites excluding steroid dienone is 1. The molecule has 150 valence electrons. The number of carbonyl (C=O) groups excluding carboxylic acids is 1. The van der Waals surface area contributed by atoms with Gasteiger partial charge in [0.15, 0.2) is 0 Å². The maximum Gasteiger partial charge on any atom is 0.302 e. The molecule has 0 saturated heterocycles. The third-order valence-electron chi connectivity index (χ3n) is 9.05. The van der Waals surface area contributed by atoms with E-state index in [2.05, 4.69) is 25.1 Å². The molecule has 0 heterocycles. The topological polar surface area (TPSA) is 58.9 Å². The quantitative estimate of drug-likeness (QED) is 0.233. The first-order valence-corrected chi connectivity index (χ1v) is 10.8. The predicted octanol–water partition coefficient (Wildman–Crippen LogP) is 5.35. The number of carbonyl (C=O) groups is 1. The Bertz CT molecular complexity index is 683. The predicted molar refractivity (Wildman–Crippen MR) is 106 cm³/mol. The lowest BCUT2D eigenvalue weighted by atomic mass is 9.47. The second kappa shape index (κ2) is 6.63. The fraction of sp³-hybridized carbons (Fsp3) is 0.826. The molecule has 4 heteroatoms. The van der Waals surface area contributed by atoms with Gasteiger partial charge in [-0.2, -0.15) is 0 Å². The van der Waals surface area contributed by atoms with Gasteiger partial charge < -0.3 is 9.94 Å². The molecule has 3 fully saturated rings. The van der Waals surface area contributed by atoms with Crippen LogP contribution in [-0.4, -0.2) is 23.0 Å². The summed E-state index contributed by atoms with van der Waals surface area (Å²) in [5.41, 5.74) is 3.04. The molecular weight excluding hydrogens is 338 g/mol. The summed E-state index contributed by atoms with van der Waals surface area (Å²) < 4.78 is 5.54. The van der Waals surface area contributed by atoms with Gasteiger partial charge in [-0.05, 0) is 80.5 Å². The third kappa shape index (κ3) is 2.86. The molecule has 0 amide bonds. The molecule has 0 aromatic carbocycles. The minimum absolute atomic E-state index is 0.0755. The van der Waals surface area contributed by atoms with Crippen molar-refractivity contribution < 1.29 is 14.7 Å². The van der Waals surface area contributed by atoms with Crippen molar-refractivity contribution in [2.24, 2.45) is 39.7 Å². The lowest BCUT2D eigenvalue weighted by molar-refractivity contribution is -0.148. The highest BCUT2D eigenvalue weighted by Crippen LogP contribution is 2.66. The van der Waals surface area contributed by atoms with Crippen LogP contribution in [0, 0.1) is 34.5 Å². The summed E-state index contributed by atoms with van der Waals surface area (Å²) in [5, 5.41) is 12.9. The van der Waals surface area contributed by atoms with E-state index in [1.807, 2.05) is 6.92 Å². The van der Waals surface area contributed by atoms with Crippen LogP contribution >= 0.6 is 0 Å². The van der Waals surface area contributed by atoms with Gasteiger partial charge in [0.25, 0.3) is 0 Å². The lowest BCUT2D eigenvalue weighted by Gasteiger charge is -2.58. The van der Waals surface area contributed by atoms with Gasteiger partial charge in [0, 0.05) is 19.3 Å². The summed E-state index contributed by atoms with van der Waals surface area (Å²) in [6, 6.07) is 0. The van der Waals surface area contributed by atoms with Gasteiger partial charge in [-0.25, -0.2) is 0 Å². The Morgan fingerprint density at radius 2 is 1.93 bits per heavy atom. The molecule has 4 rings (SSSR count). The van der Waals surface area contributed by atoms with Gasteiger partial charge in [0.1, 0.15) is 6.10 Å². The van der Waals surface area contributed by atoms with Crippen molar-refractivity contribution in [2.75, 3.05) is 0 Å². The fourth-order valence-corrected chi connectivity index (χ4v) is 7.72. The third-order valence-corrected chi connectivity index (χ3v) is 9.05. The van der Waals surface area contributed by atoms with Crippen LogP contribution in [0.15, 0.2) is 16.8 Å². The molecule has 0 radical (unpaired) electrons. The van der Waals surface area contributed by atoms with E-state index < -0.39 is 0 Å². The van der Waals surface area contributed by atoms with Crippen molar-refractivity contribution in [3.63, 3.8) is 0 Å². The van der Waals surface area contributed by atoms with Crippen LogP contribution in [0.5, 0.6) is 0 Å². The zero-order valence-electron chi connectivity index (χ0n) is 17.3. The van der Waals surface area contributed by atoms with Gasteiger partial charge >= 0.3 is 5.97 Å². The molecule has 7 atom stereocenters. The molecule has 27 heavy (non-hydrogen) atoms. The first-order chi connectivity index (χ1) is 12.8. The maximum atomic E-state index is 11.4. The highest BCUT2D eigenvalue weighted by Gasteiger charge is 2.59. The summed E-state index contributed by atoms with van der Waals surface area (Å²) in [6.45, 7) is 8.46. The van der Waals surface area contributed by atoms with E-state index in [9.17, 15) is 10.0 Å². The molecule has 0 bridgehead atoms. The Morgan fingerprint density at radius 3 is 2.63 bits per heavy atom. The van der Waals surface area contributed by atoms with E-state index in [4.69, 9.17) is 4.74 Å². The molecule has 4 aliphatic rings. The zero-order chi connectivity index (χ0) is 19.4. The molecule has 0 aromatic rings. The van der Waals surface area contributed by atoms with E-state index in [1.54, 1.807) is 5.57 Å². The Labute approximate surface area is 163 Å². The summed E-state index contributed by atoms with van der Waals surface area (Å²) in [4.78, 5) is 11.4. The Morgan fingerprint density at radius 1 is 1.15 bits per heavy atom. The van der Waals surface area contributed by atoms with E-state index in [0.717, 1.165) is 42.7 Å². The molecule has 0 aromatic heterocycles. The number of oxime groups is 1. The number of nitrogens with zero attached hydrogens (tertiary/aromatic N) is 1. The van der Waals surface area contributed by atoms with Crippen LogP contribution in [0.4, 0.5) is 0 Å². The number of ether oxygens (including phenoxy) is 1. The average molecular weight is 374 g/mol. The smallest absolute Gasteiger partial charge is 0.302 e. The normalized spacial score (nSPS) is 46.7. The molecule has 4 nitrogen and oxygen atoms in total. The van der Waals surface area contributed by atoms with Gasteiger partial charge in [-0.3, -0.25) is 4.79 Å².